The molecule has 8 heteroatoms. The van der Waals surface area contributed by atoms with E-state index in [0.29, 0.717) is 0 Å². The molecule has 0 amide bonds. The number of thiophene rings is 2. The maximum atomic E-state index is 4.95. The zero-order valence-electron chi connectivity index (χ0n) is 9.87. The number of hydrogen-bond donors (Lipinski definition) is 1. The van der Waals surface area contributed by atoms with Crippen molar-refractivity contribution in [2.75, 3.05) is 14.2 Å². The van der Waals surface area contributed by atoms with Gasteiger partial charge in [-0.25, -0.2) is 0 Å². The number of ether oxygens (including phenoxy) is 2. The van der Waals surface area contributed by atoms with Crippen LogP contribution in [0.15, 0.2) is 36.4 Å². The van der Waals surface area contributed by atoms with Crippen LogP contribution in [-0.4, -0.2) is 21.9 Å². The first-order valence-electron chi connectivity index (χ1n) is 4.57. The third kappa shape index (κ3) is 7.91. The molecular formula is C10H12BBrNO2S3. The Kier molecular flexibility index (Phi) is 11.6. The molecule has 0 aliphatic heterocycles. The summed E-state index contributed by atoms with van der Waals surface area (Å²) in [5.41, 5.74) is 0. The van der Waals surface area contributed by atoms with E-state index in [1.165, 1.54) is 0 Å². The van der Waals surface area contributed by atoms with E-state index >= 15 is 0 Å². The Balaban J connectivity index is 0.000000267. The van der Waals surface area contributed by atoms with Crippen molar-refractivity contribution < 1.29 is 9.47 Å². The molecular weight excluding hydrogens is 353 g/mol. The van der Waals surface area contributed by atoms with Gasteiger partial charge in [0.25, 0.3) is 0 Å². The van der Waals surface area contributed by atoms with Crippen molar-refractivity contribution in [2.24, 2.45) is 4.30 Å². The zero-order valence-corrected chi connectivity index (χ0v) is 14.0. The van der Waals surface area contributed by atoms with Gasteiger partial charge in [-0.15, -0.1) is 22.7 Å². The predicted octanol–water partition coefficient (Wildman–Crippen LogP) is 4.46. The van der Waals surface area contributed by atoms with Gasteiger partial charge in [-0.2, -0.15) is 0 Å². The Labute approximate surface area is 130 Å². The summed E-state index contributed by atoms with van der Waals surface area (Å²) in [6.07, 6.45) is 0. The fraction of sp³-hybridized carbons (Fsp3) is 0.200. The molecule has 1 radical (unpaired) electrons. The topological polar surface area (TPSA) is 30.8 Å². The van der Waals surface area contributed by atoms with Gasteiger partial charge >= 0.3 is 24.8 Å². The Morgan fingerprint density at radius 1 is 1.28 bits per heavy atom. The van der Waals surface area contributed by atoms with Gasteiger partial charge in [0.1, 0.15) is 15.3 Å². The molecule has 0 aliphatic carbocycles. The van der Waals surface area contributed by atoms with Gasteiger partial charge in [0.15, 0.2) is 0 Å². The van der Waals surface area contributed by atoms with E-state index in [-0.39, 0.29) is 0 Å². The van der Waals surface area contributed by atoms with Gasteiger partial charge in [-0.1, -0.05) is 0 Å². The molecule has 0 saturated carbocycles. The summed E-state index contributed by atoms with van der Waals surface area (Å²) in [6.45, 7) is 0. The number of halogens is 1. The van der Waals surface area contributed by atoms with E-state index < -0.39 is 0 Å². The summed E-state index contributed by atoms with van der Waals surface area (Å²) in [5.74, 6) is 1.86. The molecule has 0 saturated heterocycles. The van der Waals surface area contributed by atoms with Crippen molar-refractivity contribution in [2.45, 2.75) is 0 Å². The molecule has 97 valence electrons. The quantitative estimate of drug-likeness (QED) is 0.629. The maximum absolute atomic E-state index is 4.95. The van der Waals surface area contributed by atoms with Crippen molar-refractivity contribution in [3.63, 3.8) is 0 Å². The average Bonchev–Trinajstić information content (AvgIpc) is 3.01. The molecule has 18 heavy (non-hydrogen) atoms. The van der Waals surface area contributed by atoms with Crippen LogP contribution in [0, 0.1) is 0 Å². The van der Waals surface area contributed by atoms with Crippen LogP contribution in [0.4, 0.5) is 0 Å². The van der Waals surface area contributed by atoms with Crippen molar-refractivity contribution in [3.8, 4) is 11.5 Å². The Morgan fingerprint density at radius 2 is 1.94 bits per heavy atom. The van der Waals surface area contributed by atoms with Gasteiger partial charge in [0.05, 0.1) is 14.2 Å². The number of hydrogen-bond acceptors (Lipinski definition) is 6. The van der Waals surface area contributed by atoms with Gasteiger partial charge in [-0.05, 0) is 38.8 Å². The molecule has 0 aliphatic rings. The monoisotopic (exact) mass is 364 g/mol. The summed E-state index contributed by atoms with van der Waals surface area (Å²) < 4.78 is 13.6. The predicted molar refractivity (Wildman–Crippen MR) is 86.6 cm³/mol. The molecule has 2 aromatic rings. The SMILES string of the molecule is COc1ccsc1.COc1ccsc1Br.[B]=NS. The molecule has 2 rings (SSSR count). The van der Waals surface area contributed by atoms with E-state index in [1.54, 1.807) is 36.9 Å². The van der Waals surface area contributed by atoms with Crippen LogP contribution in [0.1, 0.15) is 0 Å². The molecule has 2 aromatic heterocycles. The van der Waals surface area contributed by atoms with E-state index in [2.05, 4.69) is 40.7 Å². The number of methoxy groups -OCH3 is 2. The first-order valence-corrected chi connectivity index (χ1v) is 7.58. The van der Waals surface area contributed by atoms with Gasteiger partial charge in [0.2, 0.25) is 0 Å². The van der Waals surface area contributed by atoms with Crippen LogP contribution < -0.4 is 9.47 Å². The zero-order chi connectivity index (χ0) is 13.8. The summed E-state index contributed by atoms with van der Waals surface area (Å²) >= 11 is 9.77. The second kappa shape index (κ2) is 11.8. The third-order valence-corrected chi connectivity index (χ3v) is 3.83. The third-order valence-electron chi connectivity index (χ3n) is 1.54. The van der Waals surface area contributed by atoms with E-state index in [9.17, 15) is 0 Å². The molecule has 0 aromatic carbocycles. The first kappa shape index (κ1) is 17.7. The van der Waals surface area contributed by atoms with Crippen LogP contribution in [0.2, 0.25) is 0 Å². The second-order valence-corrected chi connectivity index (χ2v) is 5.79. The van der Waals surface area contributed by atoms with Crippen molar-refractivity contribution in [1.82, 2.24) is 0 Å². The Bertz CT molecular complexity index is 422. The number of nitrogens with zero attached hydrogens (tertiary/aromatic N) is 1. The minimum absolute atomic E-state index is 0.912. The van der Waals surface area contributed by atoms with E-state index in [1.807, 2.05) is 28.3 Å². The molecule has 2 heterocycles. The normalized spacial score (nSPS) is 8.17. The van der Waals surface area contributed by atoms with Crippen molar-refractivity contribution >= 4 is 59.1 Å². The molecule has 3 nitrogen and oxygen atoms in total. The van der Waals surface area contributed by atoms with Crippen LogP contribution in [0.5, 0.6) is 11.5 Å². The van der Waals surface area contributed by atoms with Gasteiger partial charge < -0.3 is 9.47 Å². The summed E-state index contributed by atoms with van der Waals surface area (Å²) in [4.78, 5) is 0. The average molecular weight is 365 g/mol. The summed E-state index contributed by atoms with van der Waals surface area (Å²) in [7, 11) is 7.66. The van der Waals surface area contributed by atoms with E-state index in [0.717, 1.165) is 15.3 Å². The molecule has 0 spiro atoms. The first-order chi connectivity index (χ1) is 8.69. The van der Waals surface area contributed by atoms with Crippen molar-refractivity contribution in [1.29, 1.82) is 0 Å². The molecule has 0 fully saturated rings. The second-order valence-electron chi connectivity index (χ2n) is 2.54. The fourth-order valence-electron chi connectivity index (χ4n) is 0.796. The van der Waals surface area contributed by atoms with Crippen LogP contribution >= 0.6 is 51.4 Å². The Morgan fingerprint density at radius 3 is 2.17 bits per heavy atom. The molecule has 0 atom stereocenters. The number of rotatable bonds is 2. The van der Waals surface area contributed by atoms with Crippen LogP contribution in [-0.2, 0) is 0 Å². The molecule has 0 N–H and O–H groups in total. The van der Waals surface area contributed by atoms with Gasteiger partial charge in [0, 0.05) is 5.38 Å². The number of thiol groups is 1. The van der Waals surface area contributed by atoms with Gasteiger partial charge in [-0.3, -0.25) is 0 Å². The minimum atomic E-state index is 0.912. The molecule has 0 unspecified atom stereocenters. The van der Waals surface area contributed by atoms with Crippen LogP contribution in [0.3, 0.4) is 0 Å². The van der Waals surface area contributed by atoms with E-state index in [4.69, 9.17) is 9.47 Å². The fourth-order valence-corrected chi connectivity index (χ4v) is 2.59. The Hall–Kier alpha value is -0.305. The summed E-state index contributed by atoms with van der Waals surface area (Å²) in [6, 6.07) is 3.86. The van der Waals surface area contributed by atoms with Crippen LogP contribution in [0.25, 0.3) is 0 Å². The standard InChI is InChI=1S/C5H5BrOS.C5H6OS.BHNS/c1-7-4-2-3-8-5(4)6;1-6-5-2-3-7-4-5;1-2-3/h2-3H,1H3;2-4H,1H3;3H. The molecule has 0 bridgehead atoms. The summed E-state index contributed by atoms with van der Waals surface area (Å²) in [5, 5.41) is 5.92. The van der Waals surface area contributed by atoms with Crippen molar-refractivity contribution in [3.05, 3.63) is 32.1 Å².